The van der Waals surface area contributed by atoms with Crippen LogP contribution in [0.3, 0.4) is 0 Å². The van der Waals surface area contributed by atoms with Gasteiger partial charge in [-0.3, -0.25) is 0 Å². The van der Waals surface area contributed by atoms with Crippen LogP contribution < -0.4 is 0 Å². The summed E-state index contributed by atoms with van der Waals surface area (Å²) in [6, 6.07) is 9.31. The molecule has 0 unspecified atom stereocenters. The topological polar surface area (TPSA) is 15.6 Å². The zero-order chi connectivity index (χ0) is 22.7. The van der Waals surface area contributed by atoms with E-state index >= 15 is 0 Å². The lowest BCUT2D eigenvalue weighted by Crippen LogP contribution is -2.26. The Morgan fingerprint density at radius 3 is 2.23 bits per heavy atom. The number of hydrogen-bond donors (Lipinski definition) is 0. The summed E-state index contributed by atoms with van der Waals surface area (Å²) < 4.78 is 40.5. The van der Waals surface area contributed by atoms with E-state index in [4.69, 9.17) is 0 Å². The Bertz CT molecular complexity index is 912. The lowest BCUT2D eigenvalue weighted by atomic mass is 9.95. The quantitative estimate of drug-likeness (QED) is 0.262. The van der Waals surface area contributed by atoms with Crippen LogP contribution in [0, 0.1) is 13.8 Å². The molecule has 0 aliphatic heterocycles. The second-order valence-electron chi connectivity index (χ2n) is 9.29. The van der Waals surface area contributed by atoms with Crippen molar-refractivity contribution in [2.24, 2.45) is 4.99 Å². The van der Waals surface area contributed by atoms with Gasteiger partial charge in [0.15, 0.2) is 0 Å². The minimum atomic E-state index is -4.31. The van der Waals surface area contributed by atoms with Crippen LogP contribution in [0.25, 0.3) is 0 Å². The van der Waals surface area contributed by atoms with Crippen molar-refractivity contribution < 1.29 is 13.2 Å². The van der Waals surface area contributed by atoms with Gasteiger partial charge in [0.05, 0.1) is 17.6 Å². The van der Waals surface area contributed by atoms with Crippen LogP contribution in [0.1, 0.15) is 40.3 Å². The molecule has 2 aromatic carbocycles. The molecule has 0 aliphatic carbocycles. The third-order valence-corrected chi connectivity index (χ3v) is 6.58. The molecule has 0 radical (unpaired) electrons. The van der Waals surface area contributed by atoms with Crippen molar-refractivity contribution in [2.45, 2.75) is 59.1 Å². The summed E-state index contributed by atoms with van der Waals surface area (Å²) in [6.07, 6.45) is -1.88. The van der Waals surface area contributed by atoms with Crippen molar-refractivity contribution >= 4 is 20.1 Å². The van der Waals surface area contributed by atoms with Crippen LogP contribution in [0.4, 0.5) is 18.9 Å². The van der Waals surface area contributed by atoms with Crippen molar-refractivity contribution in [1.82, 2.24) is 4.90 Å². The minimum absolute atomic E-state index is 0.428. The average molecular weight is 435 g/mol. The summed E-state index contributed by atoms with van der Waals surface area (Å²) in [5, 5.41) is 0. The van der Waals surface area contributed by atoms with Crippen LogP contribution in [0.5, 0.6) is 0 Å². The molecule has 0 amide bonds. The van der Waals surface area contributed by atoms with E-state index in [1.807, 2.05) is 32.1 Å². The van der Waals surface area contributed by atoms with Gasteiger partial charge in [-0.05, 0) is 73.2 Å². The van der Waals surface area contributed by atoms with Gasteiger partial charge in [-0.2, -0.15) is 13.2 Å². The highest BCUT2D eigenvalue weighted by atomic mass is 28.3. The maximum Gasteiger partial charge on any atom is 0.416 e. The van der Waals surface area contributed by atoms with E-state index < -0.39 is 19.8 Å². The summed E-state index contributed by atoms with van der Waals surface area (Å²) in [4.78, 5) is 6.56. The Balaban J connectivity index is 2.37. The number of halogens is 3. The Morgan fingerprint density at radius 2 is 1.67 bits per heavy atom. The third kappa shape index (κ3) is 6.72. The molecule has 0 heterocycles. The van der Waals surface area contributed by atoms with Crippen molar-refractivity contribution in [3.8, 4) is 0 Å². The lowest BCUT2D eigenvalue weighted by Gasteiger charge is -2.21. The van der Waals surface area contributed by atoms with Gasteiger partial charge in [0.1, 0.15) is 0 Å². The molecule has 2 rings (SSSR count). The molecule has 0 aromatic heterocycles. The molecule has 0 spiro atoms. The minimum Gasteiger partial charge on any atom is -0.366 e. The molecule has 0 saturated carbocycles. The number of hydrogen-bond acceptors (Lipinski definition) is 1. The van der Waals surface area contributed by atoms with Crippen molar-refractivity contribution in [3.05, 3.63) is 63.7 Å². The molecular formula is C24H33F3N2Si. The highest BCUT2D eigenvalue weighted by molar-refractivity contribution is 6.75. The number of aryl methyl sites for hydroxylation is 2. The van der Waals surface area contributed by atoms with Crippen LogP contribution in [0.2, 0.25) is 19.6 Å². The van der Waals surface area contributed by atoms with Crippen molar-refractivity contribution in [1.29, 1.82) is 0 Å². The molecule has 2 aromatic rings. The fourth-order valence-corrected chi connectivity index (χ4v) is 4.84. The van der Waals surface area contributed by atoms with Gasteiger partial charge in [0.25, 0.3) is 0 Å². The molecule has 0 bridgehead atoms. The van der Waals surface area contributed by atoms with Gasteiger partial charge in [-0.1, -0.05) is 37.8 Å². The average Bonchev–Trinajstić information content (AvgIpc) is 2.60. The maximum absolute atomic E-state index is 13.5. The van der Waals surface area contributed by atoms with E-state index in [1.54, 1.807) is 12.1 Å². The molecule has 6 heteroatoms. The maximum atomic E-state index is 13.5. The van der Waals surface area contributed by atoms with Crippen LogP contribution in [-0.4, -0.2) is 32.9 Å². The number of rotatable bonds is 7. The van der Waals surface area contributed by atoms with Crippen LogP contribution in [0.15, 0.2) is 35.3 Å². The van der Waals surface area contributed by atoms with Gasteiger partial charge in [0, 0.05) is 21.7 Å². The number of nitrogens with zero attached hydrogens (tertiary/aromatic N) is 2. The molecule has 164 valence electrons. The highest BCUT2D eigenvalue weighted by Crippen LogP contribution is 2.34. The largest absolute Gasteiger partial charge is 0.416 e. The van der Waals surface area contributed by atoms with Crippen LogP contribution >= 0.6 is 0 Å². The normalized spacial score (nSPS) is 12.6. The second-order valence-corrected chi connectivity index (χ2v) is 14.8. The number of alkyl halides is 3. The van der Waals surface area contributed by atoms with Crippen molar-refractivity contribution in [2.75, 3.05) is 13.6 Å². The van der Waals surface area contributed by atoms with Crippen LogP contribution in [-0.2, 0) is 18.6 Å². The Kier molecular flexibility index (Phi) is 7.56. The summed E-state index contributed by atoms with van der Waals surface area (Å²) >= 11 is 0. The molecule has 0 aliphatic rings. The lowest BCUT2D eigenvalue weighted by molar-refractivity contribution is -0.138. The van der Waals surface area contributed by atoms with Gasteiger partial charge in [-0.15, -0.1) is 0 Å². The summed E-state index contributed by atoms with van der Waals surface area (Å²) in [5.74, 6) is 0. The molecule has 0 atom stereocenters. The molecule has 2 nitrogen and oxygen atoms in total. The fourth-order valence-electron chi connectivity index (χ4n) is 3.40. The first kappa shape index (κ1) is 24.2. The Hall–Kier alpha value is -2.08. The summed E-state index contributed by atoms with van der Waals surface area (Å²) in [6.45, 7) is 13.3. The number of benzene rings is 2. The molecular weight excluding hydrogens is 401 g/mol. The second kappa shape index (κ2) is 9.37. The van der Waals surface area contributed by atoms with Gasteiger partial charge in [-0.25, -0.2) is 4.99 Å². The van der Waals surface area contributed by atoms with Crippen molar-refractivity contribution in [3.63, 3.8) is 0 Å². The number of aliphatic imine (C=N–C) groups is 1. The van der Waals surface area contributed by atoms with E-state index in [9.17, 15) is 13.2 Å². The monoisotopic (exact) mass is 434 g/mol. The van der Waals surface area contributed by atoms with Gasteiger partial charge >= 0.3 is 6.18 Å². The summed E-state index contributed by atoms with van der Waals surface area (Å²) in [7, 11) is 0.283. The molecule has 0 N–H and O–H groups in total. The van der Waals surface area contributed by atoms with E-state index in [0.29, 0.717) is 18.0 Å². The Labute approximate surface area is 179 Å². The highest BCUT2D eigenvalue weighted by Gasteiger charge is 2.34. The predicted octanol–water partition coefficient (Wildman–Crippen LogP) is 6.94. The first-order valence-electron chi connectivity index (χ1n) is 10.3. The third-order valence-electron chi connectivity index (χ3n) is 5.14. The molecule has 30 heavy (non-hydrogen) atoms. The zero-order valence-electron chi connectivity index (χ0n) is 19.1. The Morgan fingerprint density at radius 1 is 1.00 bits per heavy atom. The van der Waals surface area contributed by atoms with Gasteiger partial charge < -0.3 is 4.90 Å². The predicted molar refractivity (Wildman–Crippen MR) is 124 cm³/mol. The molecule has 0 fully saturated rings. The molecule has 0 saturated heterocycles. The standard InChI is InChI=1S/C24H33F3N2Si/c1-8-29(4)16-28-23-12-17(2)20(11-18(23)3)13-19-9-10-22(24(25,26)27)21(14-19)15-30(5,6)7/h9-12,14,16H,8,13,15H2,1-7H3. The smallest absolute Gasteiger partial charge is 0.366 e. The SMILES string of the molecule is CCN(C)C=Nc1cc(C)c(Cc2ccc(C(F)(F)F)c(C[Si](C)(C)C)c2)cc1C. The summed E-state index contributed by atoms with van der Waals surface area (Å²) in [5.41, 5.74) is 5.05. The van der Waals surface area contributed by atoms with E-state index in [1.165, 1.54) is 6.07 Å². The van der Waals surface area contributed by atoms with E-state index in [-0.39, 0.29) is 0 Å². The first-order chi connectivity index (χ1) is 13.8. The fraction of sp³-hybridized carbons (Fsp3) is 0.458. The first-order valence-corrected chi connectivity index (χ1v) is 14.0. The van der Waals surface area contributed by atoms with E-state index in [2.05, 4.69) is 43.7 Å². The zero-order valence-corrected chi connectivity index (χ0v) is 20.1. The van der Waals surface area contributed by atoms with E-state index in [0.717, 1.165) is 34.5 Å². The van der Waals surface area contributed by atoms with Gasteiger partial charge in [0.2, 0.25) is 0 Å².